The van der Waals surface area contributed by atoms with Crippen molar-refractivity contribution in [2.45, 2.75) is 13.0 Å². The second-order valence-electron chi connectivity index (χ2n) is 1.13. The maximum Gasteiger partial charge on any atom is 0.320 e. The van der Waals surface area contributed by atoms with E-state index in [1.54, 1.807) is 0 Å². The Kier molecular flexibility index (Phi) is 8.95. The molecule has 0 bridgehead atoms. The van der Waals surface area contributed by atoms with E-state index in [0.29, 0.717) is 0 Å². The van der Waals surface area contributed by atoms with Crippen LogP contribution in [0.15, 0.2) is 0 Å². The zero-order valence-corrected chi connectivity index (χ0v) is 5.64. The highest BCUT2D eigenvalue weighted by atomic mass is 35.5. The average Bonchev–Trinajstić information content (AvgIpc) is 1.72. The summed E-state index contributed by atoms with van der Waals surface area (Å²) < 4.78 is 0. The summed E-state index contributed by atoms with van der Waals surface area (Å²) in [4.78, 5) is 9.57. The van der Waals surface area contributed by atoms with Crippen molar-refractivity contribution in [2.75, 3.05) is 6.38 Å². The minimum Gasteiger partial charge on any atom is -0.480 e. The third-order valence-corrected chi connectivity index (χ3v) is 0.390. The molecular formula is C4H10ClNO2. The monoisotopic (exact) mass is 139 g/mol. The number of halogens is 1. The van der Waals surface area contributed by atoms with Crippen molar-refractivity contribution in [1.29, 1.82) is 0 Å². The summed E-state index contributed by atoms with van der Waals surface area (Å²) in [5.74, 6) is -0.963. The average molecular weight is 140 g/mol. The Bertz CT molecular complexity index is 65.1. The van der Waals surface area contributed by atoms with Crippen molar-refractivity contribution in [1.82, 2.24) is 0 Å². The van der Waals surface area contributed by atoms with Crippen LogP contribution in [0.1, 0.15) is 6.92 Å². The molecule has 0 unspecified atom stereocenters. The molecule has 0 radical (unpaired) electrons. The van der Waals surface area contributed by atoms with E-state index >= 15 is 0 Å². The SMILES string of the molecule is CCl.C[C@@H](N)C(=O)O. The van der Waals surface area contributed by atoms with Gasteiger partial charge in [0.05, 0.1) is 0 Å². The molecule has 0 saturated heterocycles. The molecule has 0 saturated carbocycles. The Labute approximate surface area is 53.4 Å². The van der Waals surface area contributed by atoms with Crippen LogP contribution < -0.4 is 5.73 Å². The molecule has 0 aromatic rings. The summed E-state index contributed by atoms with van der Waals surface area (Å²) in [6.45, 7) is 1.42. The maximum absolute atomic E-state index is 9.57. The van der Waals surface area contributed by atoms with Gasteiger partial charge in [0, 0.05) is 6.38 Å². The van der Waals surface area contributed by atoms with Crippen molar-refractivity contribution in [3.05, 3.63) is 0 Å². The Morgan fingerprint density at radius 1 is 1.75 bits per heavy atom. The summed E-state index contributed by atoms with van der Waals surface area (Å²) in [6, 6.07) is -0.731. The normalized spacial score (nSPS) is 11.0. The fourth-order valence-electron chi connectivity index (χ4n) is 0. The lowest BCUT2D eigenvalue weighted by atomic mass is 10.4. The topological polar surface area (TPSA) is 63.3 Å². The lowest BCUT2D eigenvalue weighted by molar-refractivity contribution is -0.138. The minimum absolute atomic E-state index is 0.731. The van der Waals surface area contributed by atoms with Crippen molar-refractivity contribution in [2.24, 2.45) is 5.73 Å². The zero-order chi connectivity index (χ0) is 7.15. The van der Waals surface area contributed by atoms with Crippen LogP contribution in [0, 0.1) is 0 Å². The van der Waals surface area contributed by atoms with Crippen LogP contribution in [0.3, 0.4) is 0 Å². The molecule has 4 heteroatoms. The first kappa shape index (κ1) is 10.7. The quantitative estimate of drug-likeness (QED) is 0.513. The minimum atomic E-state index is -0.963. The molecule has 3 N–H and O–H groups in total. The first-order chi connectivity index (χ1) is 3.64. The third-order valence-electron chi connectivity index (χ3n) is 0.390. The van der Waals surface area contributed by atoms with Gasteiger partial charge >= 0.3 is 5.97 Å². The second kappa shape index (κ2) is 6.72. The molecule has 0 aromatic heterocycles. The molecular weight excluding hydrogens is 130 g/mol. The van der Waals surface area contributed by atoms with Gasteiger partial charge in [0.15, 0.2) is 0 Å². The number of rotatable bonds is 1. The van der Waals surface area contributed by atoms with Crippen LogP contribution in [0.25, 0.3) is 0 Å². The van der Waals surface area contributed by atoms with Gasteiger partial charge in [-0.05, 0) is 6.92 Å². The number of carboxylic acids is 1. The van der Waals surface area contributed by atoms with E-state index in [1.165, 1.54) is 13.3 Å². The number of hydrogen-bond acceptors (Lipinski definition) is 2. The number of hydrogen-bond donors (Lipinski definition) is 2. The molecule has 3 nitrogen and oxygen atoms in total. The number of alkyl halides is 1. The molecule has 8 heavy (non-hydrogen) atoms. The molecule has 0 heterocycles. The molecule has 50 valence electrons. The van der Waals surface area contributed by atoms with Gasteiger partial charge in [-0.15, -0.1) is 11.6 Å². The smallest absolute Gasteiger partial charge is 0.320 e. The number of carboxylic acid groups (broad SMARTS) is 1. The van der Waals surface area contributed by atoms with E-state index in [4.69, 9.17) is 10.8 Å². The summed E-state index contributed by atoms with van der Waals surface area (Å²) in [6.07, 6.45) is 1.47. The Balaban J connectivity index is 0. The first-order valence-electron chi connectivity index (χ1n) is 2.01. The van der Waals surface area contributed by atoms with Crippen LogP contribution >= 0.6 is 11.6 Å². The van der Waals surface area contributed by atoms with Crippen molar-refractivity contribution >= 4 is 17.6 Å². The molecule has 0 fully saturated rings. The van der Waals surface area contributed by atoms with Crippen molar-refractivity contribution in [3.8, 4) is 0 Å². The molecule has 0 aliphatic heterocycles. The molecule has 0 aliphatic rings. The van der Waals surface area contributed by atoms with Crippen LogP contribution in [-0.2, 0) is 4.79 Å². The number of nitrogens with two attached hydrogens (primary N) is 1. The lowest BCUT2D eigenvalue weighted by Gasteiger charge is -1.90. The molecule has 1 atom stereocenters. The van der Waals surface area contributed by atoms with Gasteiger partial charge < -0.3 is 10.8 Å². The fraction of sp³-hybridized carbons (Fsp3) is 0.750. The van der Waals surface area contributed by atoms with Crippen LogP contribution in [-0.4, -0.2) is 23.5 Å². The molecule has 0 aliphatic carbocycles. The number of aliphatic carboxylic acids is 1. The van der Waals surface area contributed by atoms with E-state index in [-0.39, 0.29) is 0 Å². The van der Waals surface area contributed by atoms with Gasteiger partial charge in [0.2, 0.25) is 0 Å². The molecule has 0 aromatic carbocycles. The second-order valence-corrected chi connectivity index (χ2v) is 1.13. The summed E-state index contributed by atoms with van der Waals surface area (Å²) >= 11 is 4.64. The summed E-state index contributed by atoms with van der Waals surface area (Å²) in [7, 11) is 0. The molecule has 0 amide bonds. The van der Waals surface area contributed by atoms with E-state index in [0.717, 1.165) is 0 Å². The largest absolute Gasteiger partial charge is 0.480 e. The van der Waals surface area contributed by atoms with Gasteiger partial charge in [-0.1, -0.05) is 0 Å². The van der Waals surface area contributed by atoms with Crippen molar-refractivity contribution in [3.63, 3.8) is 0 Å². The zero-order valence-electron chi connectivity index (χ0n) is 4.89. The Morgan fingerprint density at radius 2 is 1.88 bits per heavy atom. The maximum atomic E-state index is 9.57. The van der Waals surface area contributed by atoms with E-state index in [9.17, 15) is 4.79 Å². The van der Waals surface area contributed by atoms with Gasteiger partial charge in [-0.25, -0.2) is 0 Å². The van der Waals surface area contributed by atoms with E-state index in [1.807, 2.05) is 0 Å². The standard InChI is InChI=1S/C3H7NO2.CH3Cl/c1-2(4)3(5)6;1-2/h2H,4H2,1H3,(H,5,6);1H3/t2-;/m1./s1. The highest BCUT2D eigenvalue weighted by Crippen LogP contribution is 1.68. The third kappa shape index (κ3) is 9.21. The van der Waals surface area contributed by atoms with E-state index in [2.05, 4.69) is 11.6 Å². The lowest BCUT2D eigenvalue weighted by Crippen LogP contribution is -2.25. The predicted octanol–water partition coefficient (Wildman–Crippen LogP) is 0.273. The van der Waals surface area contributed by atoms with Crippen molar-refractivity contribution < 1.29 is 9.90 Å². The first-order valence-corrected chi connectivity index (χ1v) is 2.76. The van der Waals surface area contributed by atoms with Crippen LogP contribution in [0.2, 0.25) is 0 Å². The summed E-state index contributed by atoms with van der Waals surface area (Å²) in [5, 5.41) is 7.87. The number of carbonyl (C=O) groups is 1. The molecule has 0 spiro atoms. The van der Waals surface area contributed by atoms with Crippen LogP contribution in [0.4, 0.5) is 0 Å². The highest BCUT2D eigenvalue weighted by Gasteiger charge is 1.99. The predicted molar refractivity (Wildman–Crippen MR) is 33.1 cm³/mol. The van der Waals surface area contributed by atoms with Gasteiger partial charge in [-0.2, -0.15) is 0 Å². The van der Waals surface area contributed by atoms with Gasteiger partial charge in [0.1, 0.15) is 6.04 Å². The highest BCUT2D eigenvalue weighted by molar-refractivity contribution is 6.15. The fourth-order valence-corrected chi connectivity index (χ4v) is 0. The Morgan fingerprint density at radius 3 is 1.88 bits per heavy atom. The van der Waals surface area contributed by atoms with Gasteiger partial charge in [-0.3, -0.25) is 4.79 Å². The summed E-state index contributed by atoms with van der Waals surface area (Å²) in [5.41, 5.74) is 4.84. The van der Waals surface area contributed by atoms with Crippen LogP contribution in [0.5, 0.6) is 0 Å². The Hall–Kier alpha value is -0.280. The molecule has 0 rings (SSSR count). The van der Waals surface area contributed by atoms with Gasteiger partial charge in [0.25, 0.3) is 0 Å². The van der Waals surface area contributed by atoms with E-state index < -0.39 is 12.0 Å².